The quantitative estimate of drug-likeness (QED) is 0.815. The maximum Gasteiger partial charge on any atom is 0.170 e. The lowest BCUT2D eigenvalue weighted by molar-refractivity contribution is 0.287. The summed E-state index contributed by atoms with van der Waals surface area (Å²) in [7, 11) is 0. The molecule has 1 aliphatic rings. The lowest BCUT2D eigenvalue weighted by Gasteiger charge is -2.36. The second-order valence-corrected chi connectivity index (χ2v) is 8.03. The molecule has 0 bridgehead atoms. The lowest BCUT2D eigenvalue weighted by Crippen LogP contribution is -2.42. The van der Waals surface area contributed by atoms with Gasteiger partial charge in [-0.05, 0) is 56.6 Å². The molecule has 3 nitrogen and oxygen atoms in total. The number of aromatic nitrogens is 2. The molecule has 114 valence electrons. The third kappa shape index (κ3) is 4.71. The van der Waals surface area contributed by atoms with E-state index < -0.39 is 0 Å². The van der Waals surface area contributed by atoms with E-state index in [1.54, 1.807) is 11.5 Å². The molecule has 0 saturated heterocycles. The zero-order valence-electron chi connectivity index (χ0n) is 12.9. The number of thioether (sulfide) groups is 1. The molecule has 1 aromatic heterocycles. The minimum Gasteiger partial charge on any atom is -0.313 e. The number of aryl methyl sites for hydroxylation is 1. The highest BCUT2D eigenvalue weighted by Gasteiger charge is 2.31. The Morgan fingerprint density at radius 2 is 2.15 bits per heavy atom. The number of nitrogens with zero attached hydrogens (tertiary/aromatic N) is 2. The first-order chi connectivity index (χ1) is 9.72. The van der Waals surface area contributed by atoms with Gasteiger partial charge in [-0.15, -0.1) is 0 Å². The first kappa shape index (κ1) is 16.2. The molecule has 5 heteroatoms. The molecule has 3 atom stereocenters. The molecule has 20 heavy (non-hydrogen) atoms. The predicted octanol–water partition coefficient (Wildman–Crippen LogP) is 4.28. The lowest BCUT2D eigenvalue weighted by atomic mass is 9.83. The average molecular weight is 314 g/mol. The molecule has 0 radical (unpaired) electrons. The molecule has 0 spiro atoms. The third-order valence-electron chi connectivity index (χ3n) is 4.01. The molecule has 1 N–H and O–H groups in total. The Bertz CT molecular complexity index is 394. The van der Waals surface area contributed by atoms with E-state index in [0.717, 1.165) is 22.6 Å². The van der Waals surface area contributed by atoms with Gasteiger partial charge in [0, 0.05) is 11.3 Å². The fraction of sp³-hybridized carbons (Fsp3) is 0.867. The largest absolute Gasteiger partial charge is 0.313 e. The Balaban J connectivity index is 1.96. The van der Waals surface area contributed by atoms with E-state index >= 15 is 0 Å². The zero-order chi connectivity index (χ0) is 14.4. The van der Waals surface area contributed by atoms with Gasteiger partial charge in [-0.25, -0.2) is 4.98 Å². The number of rotatable bonds is 7. The zero-order valence-corrected chi connectivity index (χ0v) is 14.5. The van der Waals surface area contributed by atoms with Gasteiger partial charge in [0.2, 0.25) is 0 Å². The fourth-order valence-electron chi connectivity index (χ4n) is 3.03. The Morgan fingerprint density at radius 3 is 2.80 bits per heavy atom. The summed E-state index contributed by atoms with van der Waals surface area (Å²) in [6.45, 7) is 7.66. The van der Waals surface area contributed by atoms with Crippen LogP contribution in [0.3, 0.4) is 0 Å². The van der Waals surface area contributed by atoms with Crippen LogP contribution >= 0.6 is 23.3 Å². The van der Waals surface area contributed by atoms with Crippen molar-refractivity contribution in [1.29, 1.82) is 0 Å². The molecule has 3 unspecified atom stereocenters. The molecule has 2 rings (SSSR count). The minimum atomic E-state index is 0.650. The van der Waals surface area contributed by atoms with Gasteiger partial charge in [0.15, 0.2) is 4.34 Å². The second kappa shape index (κ2) is 8.35. The molecular formula is C15H27N3S2. The van der Waals surface area contributed by atoms with Crippen LogP contribution in [0.2, 0.25) is 0 Å². The smallest absolute Gasteiger partial charge is 0.170 e. The van der Waals surface area contributed by atoms with E-state index in [2.05, 4.69) is 28.5 Å². The summed E-state index contributed by atoms with van der Waals surface area (Å²) in [4.78, 5) is 4.53. The maximum atomic E-state index is 4.53. The van der Waals surface area contributed by atoms with Crippen molar-refractivity contribution >= 4 is 23.3 Å². The van der Waals surface area contributed by atoms with Gasteiger partial charge in [0.05, 0.1) is 0 Å². The van der Waals surface area contributed by atoms with Crippen molar-refractivity contribution in [3.8, 4) is 0 Å². The van der Waals surface area contributed by atoms with Crippen molar-refractivity contribution in [3.63, 3.8) is 0 Å². The van der Waals surface area contributed by atoms with E-state index in [1.807, 2.05) is 18.7 Å². The van der Waals surface area contributed by atoms with Crippen LogP contribution in [0.4, 0.5) is 0 Å². The van der Waals surface area contributed by atoms with Gasteiger partial charge >= 0.3 is 0 Å². The highest BCUT2D eigenvalue weighted by Crippen LogP contribution is 2.38. The van der Waals surface area contributed by atoms with Crippen LogP contribution in [0.5, 0.6) is 0 Å². The van der Waals surface area contributed by atoms with E-state index in [-0.39, 0.29) is 0 Å². The van der Waals surface area contributed by atoms with Crippen LogP contribution in [0.1, 0.15) is 58.2 Å². The van der Waals surface area contributed by atoms with Crippen LogP contribution in [0, 0.1) is 12.8 Å². The highest BCUT2D eigenvalue weighted by molar-refractivity contribution is 8.01. The molecule has 1 fully saturated rings. The summed E-state index contributed by atoms with van der Waals surface area (Å²) in [6, 6.07) is 0.650. The van der Waals surface area contributed by atoms with Gasteiger partial charge < -0.3 is 5.32 Å². The highest BCUT2D eigenvalue weighted by atomic mass is 32.2. The topological polar surface area (TPSA) is 37.8 Å². The third-order valence-corrected chi connectivity index (χ3v) is 6.25. The van der Waals surface area contributed by atoms with Gasteiger partial charge in [0.25, 0.3) is 0 Å². The predicted molar refractivity (Wildman–Crippen MR) is 88.6 cm³/mol. The molecule has 1 aliphatic carbocycles. The summed E-state index contributed by atoms with van der Waals surface area (Å²) in [6.07, 6.45) is 7.95. The number of hydrogen-bond donors (Lipinski definition) is 1. The van der Waals surface area contributed by atoms with Crippen molar-refractivity contribution in [2.24, 2.45) is 5.92 Å². The molecule has 0 aliphatic heterocycles. The first-order valence-electron chi connectivity index (χ1n) is 7.93. The van der Waals surface area contributed by atoms with E-state index in [0.29, 0.717) is 11.3 Å². The van der Waals surface area contributed by atoms with E-state index in [1.165, 1.54) is 38.5 Å². The van der Waals surface area contributed by atoms with E-state index in [9.17, 15) is 0 Å². The molecule has 0 aromatic carbocycles. The van der Waals surface area contributed by atoms with Crippen LogP contribution in [0.15, 0.2) is 4.34 Å². The van der Waals surface area contributed by atoms with Crippen LogP contribution < -0.4 is 5.32 Å². The van der Waals surface area contributed by atoms with Crippen LogP contribution in [-0.2, 0) is 0 Å². The molecular weight excluding hydrogens is 286 g/mol. The van der Waals surface area contributed by atoms with Crippen molar-refractivity contribution in [2.75, 3.05) is 6.54 Å². The SMILES string of the molecule is CCCNC1CCC(CCC)CC1Sc1nc(C)ns1. The monoisotopic (exact) mass is 313 g/mol. The van der Waals surface area contributed by atoms with Gasteiger partial charge in [-0.2, -0.15) is 4.37 Å². The van der Waals surface area contributed by atoms with Crippen LogP contribution in [0.25, 0.3) is 0 Å². The summed E-state index contributed by atoms with van der Waals surface area (Å²) >= 11 is 3.51. The Morgan fingerprint density at radius 1 is 1.30 bits per heavy atom. The summed E-state index contributed by atoms with van der Waals surface area (Å²) in [5.74, 6) is 1.82. The molecule has 1 saturated carbocycles. The second-order valence-electron chi connectivity index (χ2n) is 5.79. The standard InChI is InChI=1S/C15H27N3S2/c1-4-6-12-7-8-13(16-9-5-2)14(10-12)19-15-17-11(3)18-20-15/h12-14,16H,4-10H2,1-3H3. The summed E-state index contributed by atoms with van der Waals surface area (Å²) < 4.78 is 5.46. The van der Waals surface area contributed by atoms with Crippen molar-refractivity contribution < 1.29 is 0 Å². The normalized spacial score (nSPS) is 26.9. The Labute approximate surface area is 131 Å². The Hall–Kier alpha value is -0.130. The molecule has 1 aromatic rings. The van der Waals surface area contributed by atoms with Crippen LogP contribution in [-0.4, -0.2) is 27.2 Å². The summed E-state index contributed by atoms with van der Waals surface area (Å²) in [5.41, 5.74) is 0. The average Bonchev–Trinajstić information content (AvgIpc) is 2.84. The number of nitrogens with one attached hydrogen (secondary N) is 1. The summed E-state index contributed by atoms with van der Waals surface area (Å²) in [5, 5.41) is 4.41. The van der Waals surface area contributed by atoms with Crippen molar-refractivity contribution in [3.05, 3.63) is 5.82 Å². The number of hydrogen-bond acceptors (Lipinski definition) is 5. The Kier molecular flexibility index (Phi) is 6.78. The fourth-order valence-corrected chi connectivity index (χ4v) is 5.32. The van der Waals surface area contributed by atoms with Gasteiger partial charge in [-0.1, -0.05) is 38.5 Å². The maximum absolute atomic E-state index is 4.53. The molecule has 0 amide bonds. The minimum absolute atomic E-state index is 0.650. The van der Waals surface area contributed by atoms with Crippen molar-refractivity contribution in [2.45, 2.75) is 74.9 Å². The van der Waals surface area contributed by atoms with E-state index in [4.69, 9.17) is 0 Å². The van der Waals surface area contributed by atoms with Gasteiger partial charge in [-0.3, -0.25) is 0 Å². The van der Waals surface area contributed by atoms with Crippen molar-refractivity contribution in [1.82, 2.24) is 14.7 Å². The van der Waals surface area contributed by atoms with Gasteiger partial charge in [0.1, 0.15) is 5.82 Å². The first-order valence-corrected chi connectivity index (χ1v) is 9.58. The molecule has 1 heterocycles.